The van der Waals surface area contributed by atoms with Crippen LogP contribution in [0.15, 0.2) is 12.3 Å². The van der Waals surface area contributed by atoms with E-state index in [1.54, 1.807) is 0 Å². The minimum absolute atomic E-state index is 0.466. The quantitative estimate of drug-likeness (QED) is 0.667. The molecule has 1 aliphatic rings. The maximum absolute atomic E-state index is 5.65. The van der Waals surface area contributed by atoms with E-state index in [0.717, 1.165) is 11.4 Å². The lowest BCUT2D eigenvalue weighted by Gasteiger charge is -2.06. The summed E-state index contributed by atoms with van der Waals surface area (Å²) in [5.41, 5.74) is 2.24. The van der Waals surface area contributed by atoms with Crippen molar-refractivity contribution in [3.05, 3.63) is 23.5 Å². The third kappa shape index (κ3) is 1.58. The van der Waals surface area contributed by atoms with Crippen LogP contribution in [0.5, 0.6) is 5.75 Å². The summed E-state index contributed by atoms with van der Waals surface area (Å²) in [4.78, 5) is 4.20. The number of nitrogens with zero attached hydrogens (tertiary/aromatic N) is 1. The van der Waals surface area contributed by atoms with Gasteiger partial charge in [-0.05, 0) is 38.3 Å². The minimum atomic E-state index is 0.466. The maximum atomic E-state index is 5.65. The molecule has 0 bridgehead atoms. The second-order valence-electron chi connectivity index (χ2n) is 3.41. The van der Waals surface area contributed by atoms with Crippen molar-refractivity contribution in [1.82, 2.24) is 4.98 Å². The first kappa shape index (κ1) is 7.59. The first-order chi connectivity index (χ1) is 5.75. The highest BCUT2D eigenvalue weighted by Crippen LogP contribution is 2.28. The average Bonchev–Trinajstić information content (AvgIpc) is 2.79. The second kappa shape index (κ2) is 2.77. The van der Waals surface area contributed by atoms with Gasteiger partial charge in [0.05, 0.1) is 12.3 Å². The largest absolute Gasteiger partial charge is 0.489 e. The lowest BCUT2D eigenvalue weighted by atomic mass is 10.2. The van der Waals surface area contributed by atoms with Gasteiger partial charge in [-0.1, -0.05) is 0 Å². The van der Waals surface area contributed by atoms with Crippen LogP contribution in [0.2, 0.25) is 0 Å². The van der Waals surface area contributed by atoms with E-state index in [2.05, 4.69) is 18.0 Å². The van der Waals surface area contributed by atoms with Crippen molar-refractivity contribution in [1.29, 1.82) is 0 Å². The van der Waals surface area contributed by atoms with E-state index in [-0.39, 0.29) is 0 Å². The van der Waals surface area contributed by atoms with E-state index in [0.29, 0.717) is 6.10 Å². The van der Waals surface area contributed by atoms with Crippen LogP contribution in [0.25, 0.3) is 0 Å². The molecule has 0 aliphatic heterocycles. The summed E-state index contributed by atoms with van der Waals surface area (Å²) in [5, 5.41) is 0. The fourth-order valence-electron chi connectivity index (χ4n) is 1.17. The molecule has 0 atom stereocenters. The van der Waals surface area contributed by atoms with Crippen LogP contribution in [0.4, 0.5) is 0 Å². The van der Waals surface area contributed by atoms with Gasteiger partial charge in [0.15, 0.2) is 0 Å². The van der Waals surface area contributed by atoms with Gasteiger partial charge in [0, 0.05) is 5.69 Å². The standard InChI is InChI=1S/C10H13NO/c1-7-5-8(2)11-6-10(7)12-9-3-4-9/h5-6,9H,3-4H2,1-2H3. The third-order valence-corrected chi connectivity index (χ3v) is 2.02. The van der Waals surface area contributed by atoms with Crippen molar-refractivity contribution in [3.8, 4) is 5.75 Å². The van der Waals surface area contributed by atoms with Gasteiger partial charge in [-0.2, -0.15) is 0 Å². The smallest absolute Gasteiger partial charge is 0.140 e. The van der Waals surface area contributed by atoms with Crippen LogP contribution in [0.3, 0.4) is 0 Å². The van der Waals surface area contributed by atoms with E-state index in [1.807, 2.05) is 13.1 Å². The summed E-state index contributed by atoms with van der Waals surface area (Å²) in [6.45, 7) is 4.06. The Kier molecular flexibility index (Phi) is 1.75. The first-order valence-electron chi connectivity index (χ1n) is 4.35. The number of hydrogen-bond donors (Lipinski definition) is 0. The molecule has 12 heavy (non-hydrogen) atoms. The summed E-state index contributed by atoms with van der Waals surface area (Å²) in [7, 11) is 0. The molecule has 0 unspecified atom stereocenters. The molecule has 1 heterocycles. The van der Waals surface area contributed by atoms with Gasteiger partial charge < -0.3 is 4.74 Å². The van der Waals surface area contributed by atoms with Crippen LogP contribution >= 0.6 is 0 Å². The van der Waals surface area contributed by atoms with Crippen LogP contribution in [0, 0.1) is 13.8 Å². The predicted molar refractivity (Wildman–Crippen MR) is 47.4 cm³/mol. The molecule has 1 aliphatic carbocycles. The third-order valence-electron chi connectivity index (χ3n) is 2.02. The molecule has 1 aromatic rings. The van der Waals surface area contributed by atoms with Crippen LogP contribution in [-0.2, 0) is 0 Å². The molecule has 64 valence electrons. The monoisotopic (exact) mass is 163 g/mol. The van der Waals surface area contributed by atoms with E-state index < -0.39 is 0 Å². The zero-order valence-electron chi connectivity index (χ0n) is 7.50. The van der Waals surface area contributed by atoms with Gasteiger partial charge in [-0.25, -0.2) is 0 Å². The Bertz CT molecular complexity index is 292. The number of rotatable bonds is 2. The second-order valence-corrected chi connectivity index (χ2v) is 3.41. The van der Waals surface area contributed by atoms with Crippen molar-refractivity contribution in [2.24, 2.45) is 0 Å². The zero-order valence-corrected chi connectivity index (χ0v) is 7.50. The molecule has 1 aromatic heterocycles. The lowest BCUT2D eigenvalue weighted by molar-refractivity contribution is 0.299. The van der Waals surface area contributed by atoms with Gasteiger partial charge >= 0.3 is 0 Å². The molecule has 2 heteroatoms. The highest BCUT2D eigenvalue weighted by molar-refractivity contribution is 5.31. The topological polar surface area (TPSA) is 22.1 Å². The highest BCUT2D eigenvalue weighted by atomic mass is 16.5. The Hall–Kier alpha value is -1.05. The van der Waals surface area contributed by atoms with Crippen molar-refractivity contribution in [2.75, 3.05) is 0 Å². The molecular formula is C10H13NO. The summed E-state index contributed by atoms with van der Waals surface area (Å²) >= 11 is 0. The molecule has 1 fully saturated rings. The Morgan fingerprint density at radius 3 is 2.75 bits per heavy atom. The SMILES string of the molecule is Cc1cc(C)c(OC2CC2)cn1. The Balaban J connectivity index is 2.18. The van der Waals surface area contributed by atoms with Crippen molar-refractivity contribution in [2.45, 2.75) is 32.8 Å². The van der Waals surface area contributed by atoms with E-state index in [4.69, 9.17) is 4.74 Å². The molecule has 0 spiro atoms. The normalized spacial score (nSPS) is 16.2. The van der Waals surface area contributed by atoms with Gasteiger partial charge in [0.25, 0.3) is 0 Å². The number of hydrogen-bond acceptors (Lipinski definition) is 2. The summed E-state index contributed by atoms with van der Waals surface area (Å²) in [6.07, 6.45) is 4.69. The summed E-state index contributed by atoms with van der Waals surface area (Å²) < 4.78 is 5.65. The van der Waals surface area contributed by atoms with E-state index >= 15 is 0 Å². The van der Waals surface area contributed by atoms with Crippen LogP contribution in [0.1, 0.15) is 24.1 Å². The number of aryl methyl sites for hydroxylation is 2. The maximum Gasteiger partial charge on any atom is 0.140 e. The Morgan fingerprint density at radius 1 is 1.42 bits per heavy atom. The highest BCUT2D eigenvalue weighted by Gasteiger charge is 2.24. The Labute approximate surface area is 72.6 Å². The predicted octanol–water partition coefficient (Wildman–Crippen LogP) is 2.24. The number of ether oxygens (including phenoxy) is 1. The van der Waals surface area contributed by atoms with Crippen LogP contribution in [-0.4, -0.2) is 11.1 Å². The fraction of sp³-hybridized carbons (Fsp3) is 0.500. The molecule has 2 nitrogen and oxygen atoms in total. The van der Waals surface area contributed by atoms with Gasteiger partial charge in [-0.3, -0.25) is 4.98 Å². The average molecular weight is 163 g/mol. The van der Waals surface area contributed by atoms with E-state index in [1.165, 1.54) is 18.4 Å². The molecular weight excluding hydrogens is 150 g/mol. The molecule has 0 saturated heterocycles. The minimum Gasteiger partial charge on any atom is -0.489 e. The van der Waals surface area contributed by atoms with Gasteiger partial charge in [0.2, 0.25) is 0 Å². The van der Waals surface area contributed by atoms with Crippen LogP contribution < -0.4 is 4.74 Å². The molecule has 2 rings (SSSR count). The number of aromatic nitrogens is 1. The molecule has 1 saturated carbocycles. The van der Waals surface area contributed by atoms with Gasteiger partial charge in [-0.15, -0.1) is 0 Å². The first-order valence-corrected chi connectivity index (χ1v) is 4.35. The molecule has 0 amide bonds. The summed E-state index contributed by atoms with van der Waals surface area (Å²) in [5.74, 6) is 0.947. The zero-order chi connectivity index (χ0) is 8.55. The summed E-state index contributed by atoms with van der Waals surface area (Å²) in [6, 6.07) is 2.05. The Morgan fingerprint density at radius 2 is 2.17 bits per heavy atom. The fourth-order valence-corrected chi connectivity index (χ4v) is 1.17. The van der Waals surface area contributed by atoms with Crippen molar-refractivity contribution in [3.63, 3.8) is 0 Å². The van der Waals surface area contributed by atoms with E-state index in [9.17, 15) is 0 Å². The van der Waals surface area contributed by atoms with Crippen molar-refractivity contribution >= 4 is 0 Å². The van der Waals surface area contributed by atoms with Crippen molar-refractivity contribution < 1.29 is 4.74 Å². The molecule has 0 N–H and O–H groups in total. The number of pyridine rings is 1. The molecule has 0 radical (unpaired) electrons. The lowest BCUT2D eigenvalue weighted by Crippen LogP contribution is -1.98. The molecule has 0 aromatic carbocycles. The van der Waals surface area contributed by atoms with Gasteiger partial charge in [0.1, 0.15) is 5.75 Å².